The molecule has 0 radical (unpaired) electrons. The zero-order valence-corrected chi connectivity index (χ0v) is 11.5. The third-order valence-electron chi connectivity index (χ3n) is 2.98. The maximum absolute atomic E-state index is 5.97. The quantitative estimate of drug-likeness (QED) is 0.786. The molecule has 0 saturated heterocycles. The van der Waals surface area contributed by atoms with E-state index in [1.807, 2.05) is 42.5 Å². The van der Waals surface area contributed by atoms with E-state index in [0.717, 1.165) is 16.5 Å². The van der Waals surface area contributed by atoms with Crippen LogP contribution in [-0.2, 0) is 6.54 Å². The van der Waals surface area contributed by atoms with Crippen molar-refractivity contribution in [3.05, 3.63) is 65.3 Å². The Kier molecular flexibility index (Phi) is 3.54. The van der Waals surface area contributed by atoms with Gasteiger partial charge < -0.3 is 10.5 Å². The number of ether oxygens (including phenoxy) is 1. The van der Waals surface area contributed by atoms with E-state index in [1.165, 1.54) is 0 Å². The van der Waals surface area contributed by atoms with Gasteiger partial charge in [-0.1, -0.05) is 35.9 Å². The molecule has 0 spiro atoms. The molecule has 0 aliphatic rings. The summed E-state index contributed by atoms with van der Waals surface area (Å²) in [4.78, 5) is 4.45. The molecular formula is C16H13ClN2O. The molecule has 2 aromatic carbocycles. The van der Waals surface area contributed by atoms with Crippen molar-refractivity contribution in [1.29, 1.82) is 0 Å². The number of nitrogens with two attached hydrogens (primary N) is 1. The second kappa shape index (κ2) is 5.49. The highest BCUT2D eigenvalue weighted by Crippen LogP contribution is 2.29. The average molecular weight is 285 g/mol. The van der Waals surface area contributed by atoms with Crippen LogP contribution >= 0.6 is 11.6 Å². The maximum Gasteiger partial charge on any atom is 0.227 e. The van der Waals surface area contributed by atoms with Crippen LogP contribution in [0.1, 0.15) is 5.69 Å². The van der Waals surface area contributed by atoms with Gasteiger partial charge in [-0.25, -0.2) is 4.98 Å². The molecule has 0 atom stereocenters. The lowest BCUT2D eigenvalue weighted by molar-refractivity contribution is 0.467. The highest BCUT2D eigenvalue weighted by molar-refractivity contribution is 6.30. The number of rotatable bonds is 3. The summed E-state index contributed by atoms with van der Waals surface area (Å²) in [6, 6.07) is 17.1. The third kappa shape index (κ3) is 2.59. The second-order valence-corrected chi connectivity index (χ2v) is 4.84. The lowest BCUT2D eigenvalue weighted by Gasteiger charge is -2.10. The molecule has 0 amide bonds. The summed E-state index contributed by atoms with van der Waals surface area (Å²) in [7, 11) is 0. The van der Waals surface area contributed by atoms with E-state index in [9.17, 15) is 0 Å². The minimum Gasteiger partial charge on any atom is -0.438 e. The topological polar surface area (TPSA) is 48.1 Å². The van der Waals surface area contributed by atoms with Crippen molar-refractivity contribution < 1.29 is 4.74 Å². The Morgan fingerprint density at radius 2 is 1.90 bits per heavy atom. The summed E-state index contributed by atoms with van der Waals surface area (Å²) in [6.45, 7) is 0.372. The van der Waals surface area contributed by atoms with Gasteiger partial charge in [-0.05, 0) is 35.7 Å². The Labute approximate surface area is 122 Å². The summed E-state index contributed by atoms with van der Waals surface area (Å²) in [5.41, 5.74) is 6.48. The highest BCUT2D eigenvalue weighted by atomic mass is 35.5. The Hall–Kier alpha value is -2.10. The molecule has 1 heterocycles. The molecule has 100 valence electrons. The van der Waals surface area contributed by atoms with Crippen molar-refractivity contribution in [2.24, 2.45) is 5.73 Å². The summed E-state index contributed by atoms with van der Waals surface area (Å²) in [5, 5.41) is 2.63. The largest absolute Gasteiger partial charge is 0.438 e. The van der Waals surface area contributed by atoms with E-state index >= 15 is 0 Å². The van der Waals surface area contributed by atoms with Crippen molar-refractivity contribution >= 4 is 22.4 Å². The Morgan fingerprint density at radius 1 is 1.05 bits per heavy atom. The van der Waals surface area contributed by atoms with Crippen LogP contribution in [0, 0.1) is 0 Å². The first-order valence-corrected chi connectivity index (χ1v) is 6.66. The van der Waals surface area contributed by atoms with Crippen molar-refractivity contribution in [3.63, 3.8) is 0 Å². The van der Waals surface area contributed by atoms with E-state index in [4.69, 9.17) is 22.1 Å². The third-order valence-corrected chi connectivity index (χ3v) is 3.21. The van der Waals surface area contributed by atoms with E-state index in [1.54, 1.807) is 12.1 Å². The predicted octanol–water partition coefficient (Wildman–Crippen LogP) is 4.14. The molecule has 0 unspecified atom stereocenters. The summed E-state index contributed by atoms with van der Waals surface area (Å²) >= 11 is 5.97. The van der Waals surface area contributed by atoms with Crippen LogP contribution in [0.2, 0.25) is 5.02 Å². The molecule has 2 N–H and O–H groups in total. The van der Waals surface area contributed by atoms with E-state index in [2.05, 4.69) is 4.98 Å². The first-order valence-electron chi connectivity index (χ1n) is 6.28. The van der Waals surface area contributed by atoms with Crippen molar-refractivity contribution in [1.82, 2.24) is 4.98 Å². The van der Waals surface area contributed by atoms with Gasteiger partial charge in [0.15, 0.2) is 0 Å². The van der Waals surface area contributed by atoms with E-state index < -0.39 is 0 Å². The van der Waals surface area contributed by atoms with Gasteiger partial charge in [0.2, 0.25) is 5.88 Å². The molecule has 1 aromatic heterocycles. The van der Waals surface area contributed by atoms with Crippen molar-refractivity contribution in [3.8, 4) is 11.6 Å². The lowest BCUT2D eigenvalue weighted by Crippen LogP contribution is -2.01. The van der Waals surface area contributed by atoms with Gasteiger partial charge in [-0.15, -0.1) is 0 Å². The standard InChI is InChI=1S/C16H13ClN2O/c17-12-5-3-6-14(9-12)20-16-15-7-2-1-4-11(15)8-13(10-18)19-16/h1-9H,10,18H2. The molecule has 0 bridgehead atoms. The molecule has 3 rings (SSSR count). The van der Waals surface area contributed by atoms with Crippen LogP contribution < -0.4 is 10.5 Å². The first kappa shape index (κ1) is 12.9. The van der Waals surface area contributed by atoms with Crippen LogP contribution in [0.4, 0.5) is 0 Å². The smallest absolute Gasteiger partial charge is 0.227 e. The fourth-order valence-corrected chi connectivity index (χ4v) is 2.22. The summed E-state index contributed by atoms with van der Waals surface area (Å²) in [6.07, 6.45) is 0. The number of aromatic nitrogens is 1. The summed E-state index contributed by atoms with van der Waals surface area (Å²) < 4.78 is 5.86. The highest BCUT2D eigenvalue weighted by Gasteiger charge is 2.07. The van der Waals surface area contributed by atoms with Crippen LogP contribution in [0.15, 0.2) is 54.6 Å². The monoisotopic (exact) mass is 284 g/mol. The number of pyridine rings is 1. The van der Waals surface area contributed by atoms with Crippen molar-refractivity contribution in [2.75, 3.05) is 0 Å². The van der Waals surface area contributed by atoms with Gasteiger partial charge in [0.25, 0.3) is 0 Å². The molecule has 0 fully saturated rings. The van der Waals surface area contributed by atoms with Gasteiger partial charge in [0, 0.05) is 17.0 Å². The molecular weight excluding hydrogens is 272 g/mol. The van der Waals surface area contributed by atoms with Crippen LogP contribution in [-0.4, -0.2) is 4.98 Å². The Balaban J connectivity index is 2.10. The van der Waals surface area contributed by atoms with Gasteiger partial charge >= 0.3 is 0 Å². The molecule has 3 nitrogen and oxygen atoms in total. The van der Waals surface area contributed by atoms with Crippen LogP contribution in [0.3, 0.4) is 0 Å². The molecule has 20 heavy (non-hydrogen) atoms. The van der Waals surface area contributed by atoms with Crippen LogP contribution in [0.5, 0.6) is 11.6 Å². The van der Waals surface area contributed by atoms with E-state index in [-0.39, 0.29) is 0 Å². The molecule has 0 aliphatic carbocycles. The number of hydrogen-bond donors (Lipinski definition) is 1. The second-order valence-electron chi connectivity index (χ2n) is 4.40. The predicted molar refractivity (Wildman–Crippen MR) is 81.2 cm³/mol. The number of fused-ring (bicyclic) bond motifs is 1. The minimum absolute atomic E-state index is 0.372. The Bertz CT molecular complexity index is 758. The van der Waals surface area contributed by atoms with Gasteiger partial charge in [0.05, 0.1) is 5.69 Å². The molecule has 4 heteroatoms. The van der Waals surface area contributed by atoms with Crippen LogP contribution in [0.25, 0.3) is 10.8 Å². The number of benzene rings is 2. The van der Waals surface area contributed by atoms with Gasteiger partial charge in [-0.3, -0.25) is 0 Å². The number of nitrogens with zero attached hydrogens (tertiary/aromatic N) is 1. The first-order chi connectivity index (χ1) is 9.76. The maximum atomic E-state index is 5.97. The fourth-order valence-electron chi connectivity index (χ4n) is 2.04. The lowest BCUT2D eigenvalue weighted by atomic mass is 10.1. The van der Waals surface area contributed by atoms with Gasteiger partial charge in [-0.2, -0.15) is 0 Å². The minimum atomic E-state index is 0.372. The molecule has 3 aromatic rings. The SMILES string of the molecule is NCc1cc2ccccc2c(Oc2cccc(Cl)c2)n1. The molecule has 0 saturated carbocycles. The Morgan fingerprint density at radius 3 is 2.70 bits per heavy atom. The number of hydrogen-bond acceptors (Lipinski definition) is 3. The van der Waals surface area contributed by atoms with E-state index in [0.29, 0.717) is 23.2 Å². The summed E-state index contributed by atoms with van der Waals surface area (Å²) in [5.74, 6) is 1.20. The zero-order chi connectivity index (χ0) is 13.9. The fraction of sp³-hybridized carbons (Fsp3) is 0.0625. The molecule has 0 aliphatic heterocycles. The van der Waals surface area contributed by atoms with Gasteiger partial charge in [0.1, 0.15) is 5.75 Å². The normalized spacial score (nSPS) is 10.7. The number of halogens is 1. The van der Waals surface area contributed by atoms with Crippen molar-refractivity contribution in [2.45, 2.75) is 6.54 Å². The average Bonchev–Trinajstić information content (AvgIpc) is 2.47. The zero-order valence-electron chi connectivity index (χ0n) is 10.7.